The number of pyridine rings is 1. The second-order valence-electron chi connectivity index (χ2n) is 7.73. The SMILES string of the molecule is CCN(C(=O)c1ccn[c]c1-c1ccccc1)N1CCC1C(=O)OC(C)(C)C. The molecular formula is C22H26N3O3. The van der Waals surface area contributed by atoms with Crippen LogP contribution < -0.4 is 0 Å². The van der Waals surface area contributed by atoms with Crippen LogP contribution in [0.2, 0.25) is 0 Å². The van der Waals surface area contributed by atoms with E-state index in [0.29, 0.717) is 30.6 Å². The standard InChI is InChI=1S/C22H26N3O3/c1-5-24(25-14-12-19(25)21(27)28-22(2,3)4)20(26)17-11-13-23-15-18(17)16-9-7-6-8-10-16/h6-11,13,19H,5,12,14H2,1-4H3. The van der Waals surface area contributed by atoms with Crippen molar-refractivity contribution < 1.29 is 14.3 Å². The Morgan fingerprint density at radius 1 is 1.25 bits per heavy atom. The highest BCUT2D eigenvalue weighted by molar-refractivity contribution is 6.00. The van der Waals surface area contributed by atoms with Gasteiger partial charge in [0.2, 0.25) is 0 Å². The van der Waals surface area contributed by atoms with E-state index in [9.17, 15) is 9.59 Å². The number of benzene rings is 1. The number of rotatable bonds is 5. The van der Waals surface area contributed by atoms with Gasteiger partial charge in [0.1, 0.15) is 11.6 Å². The van der Waals surface area contributed by atoms with Crippen LogP contribution in [0.3, 0.4) is 0 Å². The summed E-state index contributed by atoms with van der Waals surface area (Å²) >= 11 is 0. The Bertz CT molecular complexity index is 846. The number of carbonyl (C=O) groups excluding carboxylic acids is 2. The van der Waals surface area contributed by atoms with Gasteiger partial charge < -0.3 is 4.74 Å². The van der Waals surface area contributed by atoms with E-state index >= 15 is 0 Å². The van der Waals surface area contributed by atoms with Gasteiger partial charge in [-0.25, -0.2) is 5.01 Å². The Hall–Kier alpha value is -2.73. The fourth-order valence-corrected chi connectivity index (χ4v) is 3.21. The predicted molar refractivity (Wildman–Crippen MR) is 106 cm³/mol. The van der Waals surface area contributed by atoms with E-state index in [1.807, 2.05) is 58.0 Å². The number of hydrogen-bond acceptors (Lipinski definition) is 5. The molecule has 147 valence electrons. The molecule has 28 heavy (non-hydrogen) atoms. The van der Waals surface area contributed by atoms with Crippen molar-refractivity contribution >= 4 is 11.9 Å². The Kier molecular flexibility index (Phi) is 5.79. The molecule has 0 N–H and O–H groups in total. The number of hydrogen-bond donors (Lipinski definition) is 0. The van der Waals surface area contributed by atoms with Crippen LogP contribution in [0.15, 0.2) is 42.6 Å². The van der Waals surface area contributed by atoms with E-state index in [4.69, 9.17) is 4.74 Å². The third kappa shape index (κ3) is 4.22. The summed E-state index contributed by atoms with van der Waals surface area (Å²) in [6.07, 6.45) is 5.18. The molecular weight excluding hydrogens is 354 g/mol. The lowest BCUT2D eigenvalue weighted by Gasteiger charge is -2.46. The molecule has 1 amide bonds. The van der Waals surface area contributed by atoms with Gasteiger partial charge in [0, 0.05) is 24.8 Å². The topological polar surface area (TPSA) is 62.7 Å². The van der Waals surface area contributed by atoms with Crippen molar-refractivity contribution in [3.8, 4) is 11.1 Å². The lowest BCUT2D eigenvalue weighted by atomic mass is 10.0. The van der Waals surface area contributed by atoms with Crippen LogP contribution in [-0.2, 0) is 9.53 Å². The van der Waals surface area contributed by atoms with Crippen LogP contribution in [0.1, 0.15) is 44.5 Å². The minimum Gasteiger partial charge on any atom is -0.459 e. The molecule has 1 atom stereocenters. The highest BCUT2D eigenvalue weighted by Crippen LogP contribution is 2.28. The molecule has 1 unspecified atom stereocenters. The highest BCUT2D eigenvalue weighted by atomic mass is 16.6. The summed E-state index contributed by atoms with van der Waals surface area (Å²) in [4.78, 5) is 29.9. The fourth-order valence-electron chi connectivity index (χ4n) is 3.21. The first-order valence-electron chi connectivity index (χ1n) is 9.55. The van der Waals surface area contributed by atoms with Gasteiger partial charge in [0.05, 0.1) is 11.8 Å². The molecule has 1 radical (unpaired) electrons. The fraction of sp³-hybridized carbons (Fsp3) is 0.409. The molecule has 1 aliphatic rings. The number of ether oxygens (including phenoxy) is 1. The van der Waals surface area contributed by atoms with E-state index in [0.717, 1.165) is 5.56 Å². The number of hydrazine groups is 1. The Morgan fingerprint density at radius 3 is 2.54 bits per heavy atom. The zero-order chi connectivity index (χ0) is 20.3. The van der Waals surface area contributed by atoms with Crippen molar-refractivity contribution in [2.75, 3.05) is 13.1 Å². The zero-order valence-corrected chi connectivity index (χ0v) is 16.8. The lowest BCUT2D eigenvalue weighted by molar-refractivity contribution is -0.179. The number of esters is 1. The van der Waals surface area contributed by atoms with E-state index in [1.54, 1.807) is 22.3 Å². The second-order valence-corrected chi connectivity index (χ2v) is 7.73. The Morgan fingerprint density at radius 2 is 1.96 bits per heavy atom. The predicted octanol–water partition coefficient (Wildman–Crippen LogP) is 3.34. The molecule has 2 aromatic rings. The summed E-state index contributed by atoms with van der Waals surface area (Å²) in [5, 5.41) is 3.42. The van der Waals surface area contributed by atoms with Gasteiger partial charge >= 0.3 is 5.97 Å². The number of amides is 1. The van der Waals surface area contributed by atoms with Gasteiger partial charge in [-0.05, 0) is 45.7 Å². The summed E-state index contributed by atoms with van der Waals surface area (Å²) in [7, 11) is 0. The quantitative estimate of drug-likeness (QED) is 0.745. The first-order chi connectivity index (χ1) is 13.3. The summed E-state index contributed by atoms with van der Waals surface area (Å²) in [5.41, 5.74) is 1.49. The zero-order valence-electron chi connectivity index (χ0n) is 16.8. The Labute approximate surface area is 166 Å². The average Bonchev–Trinajstić information content (AvgIpc) is 2.63. The smallest absolute Gasteiger partial charge is 0.325 e. The maximum absolute atomic E-state index is 13.3. The number of nitrogens with zero attached hydrogens (tertiary/aromatic N) is 3. The molecule has 6 nitrogen and oxygen atoms in total. The van der Waals surface area contributed by atoms with Crippen molar-refractivity contribution in [3.05, 3.63) is 54.4 Å². The summed E-state index contributed by atoms with van der Waals surface area (Å²) < 4.78 is 5.51. The van der Waals surface area contributed by atoms with Gasteiger partial charge in [0.25, 0.3) is 5.91 Å². The maximum atomic E-state index is 13.3. The van der Waals surface area contributed by atoms with Crippen LogP contribution >= 0.6 is 0 Å². The van der Waals surface area contributed by atoms with E-state index in [1.165, 1.54) is 0 Å². The second kappa shape index (κ2) is 8.10. The largest absolute Gasteiger partial charge is 0.459 e. The Balaban J connectivity index is 1.85. The average molecular weight is 380 g/mol. The monoisotopic (exact) mass is 380 g/mol. The minimum absolute atomic E-state index is 0.173. The molecule has 6 heteroatoms. The first kappa shape index (κ1) is 20.0. The molecule has 1 aromatic heterocycles. The summed E-state index contributed by atoms with van der Waals surface area (Å²) in [6.45, 7) is 8.52. The van der Waals surface area contributed by atoms with Crippen molar-refractivity contribution in [1.82, 2.24) is 15.0 Å². The van der Waals surface area contributed by atoms with Crippen molar-refractivity contribution in [3.63, 3.8) is 0 Å². The maximum Gasteiger partial charge on any atom is 0.325 e. The van der Waals surface area contributed by atoms with Crippen LogP contribution in [0, 0.1) is 6.20 Å². The summed E-state index contributed by atoms with van der Waals surface area (Å²) in [6, 6.07) is 10.9. The molecule has 0 spiro atoms. The third-order valence-electron chi connectivity index (χ3n) is 4.57. The van der Waals surface area contributed by atoms with Crippen molar-refractivity contribution in [2.24, 2.45) is 0 Å². The van der Waals surface area contributed by atoms with Crippen LogP contribution in [0.5, 0.6) is 0 Å². The van der Waals surface area contributed by atoms with Crippen LogP contribution in [0.4, 0.5) is 0 Å². The van der Waals surface area contributed by atoms with E-state index < -0.39 is 11.6 Å². The first-order valence-corrected chi connectivity index (χ1v) is 9.55. The van der Waals surface area contributed by atoms with Gasteiger partial charge in [-0.15, -0.1) is 0 Å². The van der Waals surface area contributed by atoms with E-state index in [-0.39, 0.29) is 11.9 Å². The van der Waals surface area contributed by atoms with Crippen molar-refractivity contribution in [1.29, 1.82) is 0 Å². The van der Waals surface area contributed by atoms with Gasteiger partial charge in [0.15, 0.2) is 0 Å². The number of carbonyl (C=O) groups is 2. The number of aromatic nitrogens is 1. The lowest BCUT2D eigenvalue weighted by Crippen LogP contribution is -2.62. The molecule has 3 rings (SSSR count). The normalized spacial score (nSPS) is 16.9. The molecule has 0 saturated carbocycles. The molecule has 1 fully saturated rings. The molecule has 1 aliphatic heterocycles. The molecule has 2 heterocycles. The van der Waals surface area contributed by atoms with Crippen LogP contribution in [0.25, 0.3) is 11.1 Å². The van der Waals surface area contributed by atoms with Gasteiger partial charge in [-0.2, -0.15) is 0 Å². The van der Waals surface area contributed by atoms with Crippen molar-refractivity contribution in [2.45, 2.75) is 45.8 Å². The van der Waals surface area contributed by atoms with E-state index in [2.05, 4.69) is 11.2 Å². The molecule has 1 saturated heterocycles. The molecule has 1 aromatic carbocycles. The summed E-state index contributed by atoms with van der Waals surface area (Å²) in [5.74, 6) is -0.470. The van der Waals surface area contributed by atoms with Gasteiger partial charge in [-0.3, -0.25) is 19.6 Å². The molecule has 0 bridgehead atoms. The van der Waals surface area contributed by atoms with Crippen LogP contribution in [-0.4, -0.2) is 51.6 Å². The highest BCUT2D eigenvalue weighted by Gasteiger charge is 2.42. The van der Waals surface area contributed by atoms with Gasteiger partial charge in [-0.1, -0.05) is 30.3 Å². The molecule has 0 aliphatic carbocycles. The third-order valence-corrected chi connectivity index (χ3v) is 4.57. The minimum atomic E-state index is -0.556.